The zero-order chi connectivity index (χ0) is 10.7. The van der Waals surface area contributed by atoms with Crippen molar-refractivity contribution < 1.29 is 0 Å². The first-order valence-electron chi connectivity index (χ1n) is 6.96. The second-order valence-electron chi connectivity index (χ2n) is 6.16. The Kier molecular flexibility index (Phi) is 3.71. The molecule has 1 aliphatic carbocycles. The smallest absolute Gasteiger partial charge is 0.0126 e. The highest BCUT2D eigenvalue weighted by Crippen LogP contribution is 2.45. The van der Waals surface area contributed by atoms with Crippen molar-refractivity contribution in [2.45, 2.75) is 71.3 Å². The molecule has 0 aromatic carbocycles. The molecule has 1 atom stereocenters. The Morgan fingerprint density at radius 1 is 1.07 bits per heavy atom. The molecular formula is C14H27N. The third-order valence-corrected chi connectivity index (χ3v) is 4.56. The van der Waals surface area contributed by atoms with E-state index in [2.05, 4.69) is 19.2 Å². The van der Waals surface area contributed by atoms with Crippen LogP contribution in [-0.4, -0.2) is 12.6 Å². The highest BCUT2D eigenvalue weighted by atomic mass is 15.0. The van der Waals surface area contributed by atoms with Gasteiger partial charge in [-0.3, -0.25) is 0 Å². The predicted molar refractivity (Wildman–Crippen MR) is 66.0 cm³/mol. The van der Waals surface area contributed by atoms with Gasteiger partial charge in [-0.15, -0.1) is 0 Å². The fraction of sp³-hybridized carbons (Fsp3) is 1.00. The zero-order valence-electron chi connectivity index (χ0n) is 10.5. The molecule has 1 aliphatic heterocycles. The molecule has 2 fully saturated rings. The summed E-state index contributed by atoms with van der Waals surface area (Å²) in [4.78, 5) is 0. The van der Waals surface area contributed by atoms with Gasteiger partial charge in [0, 0.05) is 6.04 Å². The van der Waals surface area contributed by atoms with Crippen LogP contribution in [0.2, 0.25) is 0 Å². The van der Waals surface area contributed by atoms with Gasteiger partial charge in [0.15, 0.2) is 0 Å². The third kappa shape index (κ3) is 2.55. The van der Waals surface area contributed by atoms with Crippen molar-refractivity contribution in [1.29, 1.82) is 0 Å². The van der Waals surface area contributed by atoms with Crippen LogP contribution in [0, 0.1) is 11.3 Å². The Morgan fingerprint density at radius 2 is 1.73 bits per heavy atom. The van der Waals surface area contributed by atoms with Crippen molar-refractivity contribution in [2.75, 3.05) is 6.54 Å². The maximum absolute atomic E-state index is 3.78. The van der Waals surface area contributed by atoms with Crippen LogP contribution >= 0.6 is 0 Å². The van der Waals surface area contributed by atoms with Gasteiger partial charge < -0.3 is 5.32 Å². The van der Waals surface area contributed by atoms with Crippen LogP contribution in [0.4, 0.5) is 0 Å². The highest BCUT2D eigenvalue weighted by molar-refractivity contribution is 4.97. The highest BCUT2D eigenvalue weighted by Gasteiger charge is 2.42. The molecule has 0 aromatic heterocycles. The first kappa shape index (κ1) is 11.4. The lowest BCUT2D eigenvalue weighted by Gasteiger charge is -2.35. The molecule has 2 aliphatic rings. The van der Waals surface area contributed by atoms with Gasteiger partial charge in [-0.1, -0.05) is 39.5 Å². The van der Waals surface area contributed by atoms with E-state index in [1.165, 1.54) is 57.9 Å². The summed E-state index contributed by atoms with van der Waals surface area (Å²) in [6, 6.07) is 0.829. The molecule has 1 spiro atoms. The lowest BCUT2D eigenvalue weighted by atomic mass is 9.72. The number of hydrogen-bond acceptors (Lipinski definition) is 1. The zero-order valence-corrected chi connectivity index (χ0v) is 10.5. The molecule has 1 heteroatoms. The Hall–Kier alpha value is -0.0400. The molecule has 1 heterocycles. The summed E-state index contributed by atoms with van der Waals surface area (Å²) >= 11 is 0. The van der Waals surface area contributed by atoms with E-state index in [4.69, 9.17) is 0 Å². The first-order chi connectivity index (χ1) is 7.23. The van der Waals surface area contributed by atoms with Crippen LogP contribution in [0.25, 0.3) is 0 Å². The molecule has 1 N–H and O–H groups in total. The van der Waals surface area contributed by atoms with Gasteiger partial charge >= 0.3 is 0 Å². The van der Waals surface area contributed by atoms with Gasteiger partial charge in [-0.25, -0.2) is 0 Å². The second-order valence-corrected chi connectivity index (χ2v) is 6.16. The van der Waals surface area contributed by atoms with Crippen LogP contribution < -0.4 is 5.32 Å². The maximum atomic E-state index is 3.78. The fourth-order valence-electron chi connectivity index (χ4n) is 3.72. The van der Waals surface area contributed by atoms with Gasteiger partial charge in [0.05, 0.1) is 0 Å². The average Bonchev–Trinajstić information content (AvgIpc) is 2.43. The predicted octanol–water partition coefficient (Wildman–Crippen LogP) is 3.74. The van der Waals surface area contributed by atoms with Gasteiger partial charge in [-0.05, 0) is 43.6 Å². The van der Waals surface area contributed by atoms with Crippen molar-refractivity contribution in [3.63, 3.8) is 0 Å². The van der Waals surface area contributed by atoms with E-state index in [0.717, 1.165) is 12.0 Å². The van der Waals surface area contributed by atoms with Crippen molar-refractivity contribution >= 4 is 0 Å². The van der Waals surface area contributed by atoms with Crippen molar-refractivity contribution in [2.24, 2.45) is 11.3 Å². The quantitative estimate of drug-likeness (QED) is 0.730. The van der Waals surface area contributed by atoms with E-state index in [0.29, 0.717) is 5.41 Å². The molecule has 0 radical (unpaired) electrons. The average molecular weight is 209 g/mol. The van der Waals surface area contributed by atoms with Gasteiger partial charge in [0.25, 0.3) is 0 Å². The van der Waals surface area contributed by atoms with E-state index >= 15 is 0 Å². The molecule has 1 nitrogen and oxygen atoms in total. The summed E-state index contributed by atoms with van der Waals surface area (Å²) in [5.74, 6) is 0.848. The van der Waals surface area contributed by atoms with Gasteiger partial charge in [-0.2, -0.15) is 0 Å². The third-order valence-electron chi connectivity index (χ3n) is 4.56. The minimum atomic E-state index is 0.695. The number of rotatable bonds is 2. The first-order valence-corrected chi connectivity index (χ1v) is 6.96. The van der Waals surface area contributed by atoms with Gasteiger partial charge in [0.2, 0.25) is 0 Å². The molecule has 0 amide bonds. The summed E-state index contributed by atoms with van der Waals surface area (Å²) < 4.78 is 0. The van der Waals surface area contributed by atoms with E-state index in [9.17, 15) is 0 Å². The Bertz CT molecular complexity index is 190. The maximum Gasteiger partial charge on any atom is 0.0126 e. The SMILES string of the molecule is CC(C)CC1NCCC12CCCCCC2. The molecule has 0 aromatic rings. The molecular weight excluding hydrogens is 182 g/mol. The van der Waals surface area contributed by atoms with Crippen LogP contribution in [0.15, 0.2) is 0 Å². The Morgan fingerprint density at radius 3 is 2.33 bits per heavy atom. The summed E-state index contributed by atoms with van der Waals surface area (Å²) in [6.07, 6.45) is 11.8. The fourth-order valence-corrected chi connectivity index (χ4v) is 3.72. The van der Waals surface area contributed by atoms with Crippen molar-refractivity contribution in [3.8, 4) is 0 Å². The topological polar surface area (TPSA) is 12.0 Å². The Labute approximate surface area is 95.0 Å². The van der Waals surface area contributed by atoms with Crippen LogP contribution in [-0.2, 0) is 0 Å². The summed E-state index contributed by atoms with van der Waals surface area (Å²) in [5.41, 5.74) is 0.695. The molecule has 15 heavy (non-hydrogen) atoms. The summed E-state index contributed by atoms with van der Waals surface area (Å²) in [5, 5.41) is 3.78. The normalized spacial score (nSPS) is 31.0. The van der Waals surface area contributed by atoms with E-state index in [1.54, 1.807) is 0 Å². The lowest BCUT2D eigenvalue weighted by molar-refractivity contribution is 0.189. The molecule has 1 saturated heterocycles. The minimum Gasteiger partial charge on any atom is -0.313 e. The monoisotopic (exact) mass is 209 g/mol. The van der Waals surface area contributed by atoms with Gasteiger partial charge in [0.1, 0.15) is 0 Å². The van der Waals surface area contributed by atoms with E-state index in [1.807, 2.05) is 0 Å². The summed E-state index contributed by atoms with van der Waals surface area (Å²) in [7, 11) is 0. The summed E-state index contributed by atoms with van der Waals surface area (Å²) in [6.45, 7) is 6.01. The van der Waals surface area contributed by atoms with Crippen molar-refractivity contribution in [3.05, 3.63) is 0 Å². The standard InChI is InChI=1S/C14H27N/c1-12(2)11-13-14(9-10-15-13)7-5-3-4-6-8-14/h12-13,15H,3-11H2,1-2H3. The molecule has 2 rings (SSSR count). The van der Waals surface area contributed by atoms with Crippen LogP contribution in [0.3, 0.4) is 0 Å². The Balaban J connectivity index is 2.02. The van der Waals surface area contributed by atoms with Crippen molar-refractivity contribution in [1.82, 2.24) is 5.32 Å². The molecule has 1 saturated carbocycles. The van der Waals surface area contributed by atoms with Crippen LogP contribution in [0.5, 0.6) is 0 Å². The number of hydrogen-bond donors (Lipinski definition) is 1. The second kappa shape index (κ2) is 4.86. The molecule has 0 bridgehead atoms. The lowest BCUT2D eigenvalue weighted by Crippen LogP contribution is -2.37. The molecule has 1 unspecified atom stereocenters. The minimum absolute atomic E-state index is 0.695. The molecule has 88 valence electrons. The largest absolute Gasteiger partial charge is 0.313 e. The van der Waals surface area contributed by atoms with E-state index in [-0.39, 0.29) is 0 Å². The van der Waals surface area contributed by atoms with E-state index < -0.39 is 0 Å². The number of nitrogens with one attached hydrogen (secondary N) is 1. The van der Waals surface area contributed by atoms with Crippen LogP contribution in [0.1, 0.15) is 65.2 Å².